The Bertz CT molecular complexity index is 136. The number of nitrogens with one attached hydrogen (secondary N) is 2. The average molecular weight is 136 g/mol. The Morgan fingerprint density at radius 3 is 2.67 bits per heavy atom. The fraction of sp³-hybridized carbons (Fsp3) is 0.500. The van der Waals surface area contributed by atoms with Gasteiger partial charge in [0.15, 0.2) is 5.96 Å². The second-order valence-corrected chi connectivity index (χ2v) is 1.16. The van der Waals surface area contributed by atoms with Gasteiger partial charge in [-0.25, -0.2) is 0 Å². The number of carbonyl (C=O) groups is 1. The summed E-state index contributed by atoms with van der Waals surface area (Å²) in [6.45, 7) is -0.296. The number of rotatable bonds is 2. The first-order valence-electron chi connectivity index (χ1n) is 3.66. The van der Waals surface area contributed by atoms with Crippen molar-refractivity contribution in [3.05, 3.63) is 0 Å². The number of guanidine groups is 1. The Morgan fingerprint density at radius 2 is 2.56 bits per heavy atom. The molecule has 0 spiro atoms. The minimum absolute atomic E-state index is 0.296. The molecule has 0 aliphatic heterocycles. The third-order valence-electron chi connectivity index (χ3n) is 0.430. The van der Waals surface area contributed by atoms with E-state index >= 15 is 0 Å². The summed E-state index contributed by atoms with van der Waals surface area (Å²) in [4.78, 5) is 9.69. The molecule has 9 heavy (non-hydrogen) atoms. The predicted molar refractivity (Wildman–Crippen MR) is 34.3 cm³/mol. The van der Waals surface area contributed by atoms with Crippen LogP contribution in [0.1, 0.15) is 11.5 Å². The summed E-state index contributed by atoms with van der Waals surface area (Å²) in [6.07, 6.45) is 0. The van der Waals surface area contributed by atoms with E-state index in [1.54, 1.807) is 0 Å². The normalized spacial score (nSPS) is 11.4. The zero-order valence-electron chi connectivity index (χ0n) is 7.72. The zero-order valence-corrected chi connectivity index (χ0v) is 4.72. The first kappa shape index (κ1) is 4.60. The summed E-state index contributed by atoms with van der Waals surface area (Å²) >= 11 is 0. The molecule has 0 bridgehead atoms. The van der Waals surface area contributed by atoms with Crippen molar-refractivity contribution >= 4 is 11.9 Å². The predicted octanol–water partition coefficient (Wildman–Crippen LogP) is -0.810. The maximum Gasteiger partial charge on any atom is 0.322 e. The summed E-state index contributed by atoms with van der Waals surface area (Å²) in [5.41, 5.74) is 4.75. The van der Waals surface area contributed by atoms with Crippen molar-refractivity contribution in [1.29, 1.82) is 5.41 Å². The Kier molecular flexibility index (Phi) is 2.50. The van der Waals surface area contributed by atoms with Gasteiger partial charge < -0.3 is 16.2 Å². The first-order valence-corrected chi connectivity index (χ1v) is 1.92. The molecule has 0 atom stereocenters. The van der Waals surface area contributed by atoms with Crippen LogP contribution in [0, 0.1) is 5.41 Å². The fourth-order valence-corrected chi connectivity index (χ4v) is 0.171. The molecule has 5 N–H and O–H groups in total. The second kappa shape index (κ2) is 4.89. The molecule has 0 unspecified atom stereocenters. The molecule has 0 aromatic heterocycles. The number of hydrogen-bond acceptors (Lipinski definition) is 2. The lowest BCUT2D eigenvalue weighted by atomic mass is 10.6. The van der Waals surface area contributed by atoms with E-state index in [-0.39, 0.29) is 12.5 Å². The van der Waals surface area contributed by atoms with Gasteiger partial charge in [0, 0.05) is 4.11 Å². The van der Waals surface area contributed by atoms with Crippen LogP contribution in [0.4, 0.5) is 0 Å². The largest absolute Gasteiger partial charge is 0.480 e. The molecular formula is C4H11N3O2. The maximum atomic E-state index is 9.69. The monoisotopic (exact) mass is 136 g/mol. The summed E-state index contributed by atoms with van der Waals surface area (Å²) in [5, 5.41) is 16.5. The average Bonchev–Trinajstić information content (AvgIpc) is 1.82. The van der Waals surface area contributed by atoms with Crippen molar-refractivity contribution in [3.8, 4) is 0 Å². The summed E-state index contributed by atoms with van der Waals surface area (Å²) in [7, 11) is -1.42. The number of aliphatic carboxylic acids is 1. The van der Waals surface area contributed by atoms with E-state index in [1.807, 2.05) is 0 Å². The standard InChI is InChI=1S/C3H7N3O2.CH4/c4-3(5)6-1-2(7)8;/h1H2,(H,7,8)(H4,4,5,6);1H4/i;1D3. The Balaban J connectivity index is 0. The van der Waals surface area contributed by atoms with Crippen LogP contribution >= 0.6 is 0 Å². The molecule has 0 saturated heterocycles. The van der Waals surface area contributed by atoms with Gasteiger partial charge in [-0.1, -0.05) is 7.35 Å². The molecule has 5 nitrogen and oxygen atoms in total. The Labute approximate surface area is 57.6 Å². The SMILES string of the molecule is N=C(N)NCC(=O)O.[2H]C([2H])[2H]. The molecule has 0 radical (unpaired) electrons. The number of hydrogen-bond donors (Lipinski definition) is 4. The van der Waals surface area contributed by atoms with Crippen molar-refractivity contribution in [2.75, 3.05) is 6.54 Å². The van der Waals surface area contributed by atoms with E-state index in [0.29, 0.717) is 0 Å². The van der Waals surface area contributed by atoms with Gasteiger partial charge in [-0.15, -0.1) is 0 Å². The molecule has 0 aliphatic carbocycles. The van der Waals surface area contributed by atoms with E-state index in [9.17, 15) is 4.79 Å². The lowest BCUT2D eigenvalue weighted by Gasteiger charge is -1.95. The minimum atomic E-state index is -1.42. The van der Waals surface area contributed by atoms with Gasteiger partial charge in [0.05, 0.1) is 0 Å². The molecule has 0 heterocycles. The van der Waals surface area contributed by atoms with Crippen LogP contribution in [-0.4, -0.2) is 23.6 Å². The highest BCUT2D eigenvalue weighted by atomic mass is 16.4. The number of carboxylic acids is 1. The van der Waals surface area contributed by atoms with Gasteiger partial charge in [0.2, 0.25) is 0 Å². The van der Waals surface area contributed by atoms with Crippen LogP contribution in [0.25, 0.3) is 0 Å². The summed E-state index contributed by atoms with van der Waals surface area (Å²) < 4.78 is 17.8. The molecule has 0 rings (SSSR count). The smallest absolute Gasteiger partial charge is 0.322 e. The van der Waals surface area contributed by atoms with Crippen molar-refractivity contribution in [2.45, 2.75) is 7.35 Å². The van der Waals surface area contributed by atoms with Crippen LogP contribution < -0.4 is 11.1 Å². The van der Waals surface area contributed by atoms with Crippen LogP contribution in [-0.2, 0) is 4.79 Å². The Morgan fingerprint density at radius 1 is 2.11 bits per heavy atom. The summed E-state index contributed by atoms with van der Waals surface area (Å²) in [5.74, 6) is -1.35. The van der Waals surface area contributed by atoms with E-state index in [1.165, 1.54) is 0 Å². The van der Waals surface area contributed by atoms with E-state index < -0.39 is 13.3 Å². The minimum Gasteiger partial charge on any atom is -0.480 e. The molecule has 54 valence electrons. The van der Waals surface area contributed by atoms with Crippen LogP contribution in [0.3, 0.4) is 0 Å². The molecule has 0 fully saturated rings. The maximum absolute atomic E-state index is 9.69. The molecule has 0 saturated carbocycles. The Hall–Kier alpha value is -1.26. The van der Waals surface area contributed by atoms with Crippen LogP contribution in [0.15, 0.2) is 0 Å². The van der Waals surface area contributed by atoms with Crippen LogP contribution in [0.2, 0.25) is 0 Å². The van der Waals surface area contributed by atoms with E-state index in [0.717, 1.165) is 0 Å². The van der Waals surface area contributed by atoms with Gasteiger partial charge in [-0.3, -0.25) is 10.2 Å². The topological polar surface area (TPSA) is 99.2 Å². The first-order chi connectivity index (χ1) is 5.36. The highest BCUT2D eigenvalue weighted by Crippen LogP contribution is 1.55. The lowest BCUT2D eigenvalue weighted by Crippen LogP contribution is -2.34. The van der Waals surface area contributed by atoms with Crippen molar-refractivity contribution < 1.29 is 14.0 Å². The molecule has 0 aromatic rings. The quantitative estimate of drug-likeness (QED) is 0.294. The van der Waals surface area contributed by atoms with Gasteiger partial charge in [-0.2, -0.15) is 0 Å². The molecule has 5 heteroatoms. The molecule has 0 aliphatic rings. The lowest BCUT2D eigenvalue weighted by molar-refractivity contribution is -0.135. The highest BCUT2D eigenvalue weighted by Gasteiger charge is 1.92. The van der Waals surface area contributed by atoms with Gasteiger partial charge >= 0.3 is 5.97 Å². The summed E-state index contributed by atoms with van der Waals surface area (Å²) in [6, 6.07) is 0. The number of nitrogens with two attached hydrogens (primary N) is 1. The van der Waals surface area contributed by atoms with E-state index in [4.69, 9.17) is 20.4 Å². The van der Waals surface area contributed by atoms with Crippen LogP contribution in [0.5, 0.6) is 0 Å². The zero-order chi connectivity index (χ0) is 10.1. The van der Waals surface area contributed by atoms with Crippen molar-refractivity contribution in [3.63, 3.8) is 0 Å². The van der Waals surface area contributed by atoms with Gasteiger partial charge in [-0.05, 0) is 0 Å². The fourth-order valence-electron chi connectivity index (χ4n) is 0.171. The molecule has 0 aromatic carbocycles. The van der Waals surface area contributed by atoms with Crippen molar-refractivity contribution in [2.24, 2.45) is 5.73 Å². The number of carboxylic acid groups (broad SMARTS) is 1. The molecular weight excluding hydrogens is 122 g/mol. The van der Waals surface area contributed by atoms with Gasteiger partial charge in [0.25, 0.3) is 0 Å². The molecule has 0 amide bonds. The third kappa shape index (κ3) is 10.8. The van der Waals surface area contributed by atoms with E-state index in [2.05, 4.69) is 5.32 Å². The third-order valence-corrected chi connectivity index (χ3v) is 0.430. The second-order valence-electron chi connectivity index (χ2n) is 1.16. The highest BCUT2D eigenvalue weighted by molar-refractivity contribution is 5.79. The van der Waals surface area contributed by atoms with Gasteiger partial charge in [0.1, 0.15) is 6.54 Å². The van der Waals surface area contributed by atoms with Crippen molar-refractivity contribution in [1.82, 2.24) is 5.32 Å².